The van der Waals surface area contributed by atoms with Crippen LogP contribution in [0.25, 0.3) is 27.7 Å². The Bertz CT molecular complexity index is 3280. The van der Waals surface area contributed by atoms with Gasteiger partial charge < -0.3 is 41.2 Å². The van der Waals surface area contributed by atoms with E-state index < -0.39 is 48.2 Å². The molecule has 0 bridgehead atoms. The number of aliphatic hydroxyl groups excluding tert-OH is 1. The molecule has 0 saturated carbocycles. The molecule has 5 amide bonds. The van der Waals surface area contributed by atoms with Crippen LogP contribution in [0.3, 0.4) is 0 Å². The lowest BCUT2D eigenvalue weighted by Gasteiger charge is -2.35. The number of halogens is 1. The molecule has 0 aliphatic carbocycles. The van der Waals surface area contributed by atoms with Crippen LogP contribution in [0.4, 0.5) is 27.7 Å². The van der Waals surface area contributed by atoms with Crippen molar-refractivity contribution in [3.8, 4) is 11.3 Å². The molecular formula is C56H64FN13O9. The molecule has 3 aliphatic rings. The van der Waals surface area contributed by atoms with Gasteiger partial charge in [0.25, 0.3) is 11.8 Å². The average molecular weight is 1080 g/mol. The summed E-state index contributed by atoms with van der Waals surface area (Å²) in [4.78, 5) is 92.4. The van der Waals surface area contributed by atoms with Crippen molar-refractivity contribution < 1.29 is 47.7 Å². The summed E-state index contributed by atoms with van der Waals surface area (Å²) in [5.74, 6) is -2.42. The average Bonchev–Trinajstić information content (AvgIpc) is 4.08. The molecule has 3 aromatic carbocycles. The molecule has 1 unspecified atom stereocenters. The zero-order chi connectivity index (χ0) is 55.6. The van der Waals surface area contributed by atoms with Crippen molar-refractivity contribution in [1.29, 1.82) is 0 Å². The smallest absolute Gasteiger partial charge is 0.264 e. The van der Waals surface area contributed by atoms with Gasteiger partial charge in [0.2, 0.25) is 29.6 Å². The fraction of sp³-hybridized carbons (Fsp3) is 0.393. The van der Waals surface area contributed by atoms with E-state index in [4.69, 9.17) is 24.4 Å². The van der Waals surface area contributed by atoms with Crippen molar-refractivity contribution in [2.24, 2.45) is 5.92 Å². The Morgan fingerprint density at radius 3 is 2.51 bits per heavy atom. The number of alkyl halides is 1. The summed E-state index contributed by atoms with van der Waals surface area (Å²) in [7, 11) is 0. The maximum absolute atomic E-state index is 13.3. The van der Waals surface area contributed by atoms with E-state index in [0.29, 0.717) is 63.5 Å². The number of benzene rings is 3. The zero-order valence-electron chi connectivity index (χ0n) is 44.1. The Hall–Kier alpha value is -8.25. The molecule has 0 spiro atoms. The number of aromatic nitrogens is 5. The fourth-order valence-electron chi connectivity index (χ4n) is 9.87. The molecule has 79 heavy (non-hydrogen) atoms. The van der Waals surface area contributed by atoms with E-state index in [0.717, 1.165) is 56.7 Å². The van der Waals surface area contributed by atoms with Crippen LogP contribution in [0, 0.1) is 5.92 Å². The topological polar surface area (TPSA) is 276 Å². The van der Waals surface area contributed by atoms with Crippen LogP contribution in [-0.4, -0.2) is 166 Å². The van der Waals surface area contributed by atoms with Crippen LogP contribution in [0.1, 0.15) is 70.9 Å². The number of anilines is 4. The summed E-state index contributed by atoms with van der Waals surface area (Å²) in [6.45, 7) is 11.1. The van der Waals surface area contributed by atoms with Crippen molar-refractivity contribution in [3.05, 3.63) is 114 Å². The van der Waals surface area contributed by atoms with E-state index in [1.807, 2.05) is 54.7 Å². The molecule has 9 rings (SSSR count). The van der Waals surface area contributed by atoms with Gasteiger partial charge >= 0.3 is 0 Å². The third kappa shape index (κ3) is 13.0. The highest BCUT2D eigenvalue weighted by atomic mass is 19.1. The van der Waals surface area contributed by atoms with Gasteiger partial charge in [-0.3, -0.25) is 48.9 Å². The van der Waals surface area contributed by atoms with Crippen molar-refractivity contribution in [2.45, 2.75) is 57.7 Å². The largest absolute Gasteiger partial charge is 0.391 e. The molecule has 2 saturated heterocycles. The highest BCUT2D eigenvalue weighted by molar-refractivity contribution is 6.25. The second-order valence-corrected chi connectivity index (χ2v) is 19.9. The van der Waals surface area contributed by atoms with Crippen LogP contribution in [-0.2, 0) is 35.2 Å². The first-order valence-corrected chi connectivity index (χ1v) is 26.4. The summed E-state index contributed by atoms with van der Waals surface area (Å²) in [6.07, 6.45) is 3.79. The number of pyridine rings is 1. The normalized spacial score (nSPS) is 17.5. The third-order valence-corrected chi connectivity index (χ3v) is 14.2. The van der Waals surface area contributed by atoms with Gasteiger partial charge in [0.05, 0.1) is 62.1 Å². The number of ether oxygens (including phenoxy) is 2. The van der Waals surface area contributed by atoms with Gasteiger partial charge in [-0.1, -0.05) is 56.8 Å². The SMILES string of the molecule is C=C(CNc1ccc2c(-c3ccccc3CNc3nc(NC[C@H]4CCN(CCOCCOCCNC(=O)CNc5cccc6c5C(=O)N(C5CCC(=O)NC5=O)C6=O)C[C@@H]4O)nc4c(C(C)C)cnn34)nccc2c1)C(=O)CF. The number of ketones is 1. The molecule has 3 aromatic heterocycles. The van der Waals surface area contributed by atoms with E-state index >= 15 is 0 Å². The summed E-state index contributed by atoms with van der Waals surface area (Å²) >= 11 is 0. The first-order valence-electron chi connectivity index (χ1n) is 26.4. The zero-order valence-corrected chi connectivity index (χ0v) is 44.1. The number of nitrogens with one attached hydrogen (secondary N) is 6. The lowest BCUT2D eigenvalue weighted by molar-refractivity contribution is -0.136. The maximum atomic E-state index is 13.3. The van der Waals surface area contributed by atoms with Crippen molar-refractivity contribution in [3.63, 3.8) is 0 Å². The number of carbonyl (C=O) groups is 6. The second kappa shape index (κ2) is 25.5. The molecule has 22 nitrogen and oxygen atoms in total. The molecule has 0 radical (unpaired) electrons. The summed E-state index contributed by atoms with van der Waals surface area (Å²) in [6, 6.07) is 19.3. The van der Waals surface area contributed by atoms with Crippen molar-refractivity contribution in [1.82, 2.24) is 45.0 Å². The van der Waals surface area contributed by atoms with Gasteiger partial charge in [0.15, 0.2) is 18.1 Å². The lowest BCUT2D eigenvalue weighted by Crippen LogP contribution is -2.54. The van der Waals surface area contributed by atoms with Crippen molar-refractivity contribution >= 4 is 75.0 Å². The third-order valence-electron chi connectivity index (χ3n) is 14.2. The molecule has 3 atom stereocenters. The number of amides is 5. The molecule has 6 heterocycles. The van der Waals surface area contributed by atoms with Crippen LogP contribution >= 0.6 is 0 Å². The van der Waals surface area contributed by atoms with E-state index in [-0.39, 0.29) is 79.2 Å². The number of imide groups is 2. The monoisotopic (exact) mass is 1080 g/mol. The number of carbonyl (C=O) groups excluding carboxylic acids is 6. The Balaban J connectivity index is 0.695. The summed E-state index contributed by atoms with van der Waals surface area (Å²) in [5.41, 5.74) is 5.75. The molecule has 6 aromatic rings. The molecule has 414 valence electrons. The van der Waals surface area contributed by atoms with E-state index in [9.17, 15) is 38.3 Å². The molecule has 3 aliphatic heterocycles. The van der Waals surface area contributed by atoms with Crippen LogP contribution in [0.5, 0.6) is 0 Å². The first kappa shape index (κ1) is 55.5. The fourth-order valence-corrected chi connectivity index (χ4v) is 9.87. The highest BCUT2D eigenvalue weighted by Crippen LogP contribution is 2.34. The minimum atomic E-state index is -1.09. The van der Waals surface area contributed by atoms with Gasteiger partial charge in [-0.25, -0.2) is 4.39 Å². The summed E-state index contributed by atoms with van der Waals surface area (Å²) in [5, 5.41) is 35.7. The van der Waals surface area contributed by atoms with Gasteiger partial charge in [0.1, 0.15) is 6.04 Å². The number of likely N-dealkylation sites (tertiary alicyclic amines) is 1. The number of rotatable bonds is 26. The Morgan fingerprint density at radius 1 is 0.899 bits per heavy atom. The quantitative estimate of drug-likeness (QED) is 0.0226. The van der Waals surface area contributed by atoms with E-state index in [1.54, 1.807) is 22.8 Å². The molecule has 2 fully saturated rings. The summed E-state index contributed by atoms with van der Waals surface area (Å²) < 4.78 is 26.0. The number of β-amino-alcohol motifs (C(OH)–C–C–N with tert-alkyl or cyclic N) is 1. The predicted octanol–water partition coefficient (Wildman–Crippen LogP) is 4.34. The van der Waals surface area contributed by atoms with Gasteiger partial charge in [-0.15, -0.1) is 0 Å². The minimum absolute atomic E-state index is 0.0125. The maximum Gasteiger partial charge on any atom is 0.264 e. The highest BCUT2D eigenvalue weighted by Gasteiger charge is 2.45. The second-order valence-electron chi connectivity index (χ2n) is 19.9. The van der Waals surface area contributed by atoms with E-state index in [2.05, 4.69) is 62.3 Å². The van der Waals surface area contributed by atoms with Crippen molar-refractivity contribution in [2.75, 3.05) is 100 Å². The Kier molecular flexibility index (Phi) is 17.9. The standard InChI is InChI=1S/C56H64FN13O9/c1-33(2)42-30-64-70-51(42)66-55(67-56(70)63-28-36-7-4-5-8-39(36)50-40-12-11-38(25-35(40)15-17-59-50)60-27-34(3)45(71)26-57)62-29-37-16-19-68(32-46(37)72)20-22-79-24-23-78-21-18-58-48(74)31-61-43-10-6-9-41-49(43)54(77)69(53(41)76)44-13-14-47(73)65-52(44)75/h4-12,15,17,25,30,33,37,44,46,60-61,72H,3,13-14,16,18-24,26-29,31-32H2,1-2H3,(H,58,74)(H,65,73,75)(H2,62,63,66,67)/t37-,44?,46+/m1/s1. The van der Waals surface area contributed by atoms with Crippen LogP contribution in [0.2, 0.25) is 0 Å². The number of nitrogens with zero attached hydrogens (tertiary/aromatic N) is 7. The number of Topliss-reactive ketones (excluding diaryl/α,β-unsaturated/α-hetero) is 1. The number of hydrogen-bond donors (Lipinski definition) is 7. The number of hydrogen-bond acceptors (Lipinski definition) is 18. The van der Waals surface area contributed by atoms with E-state index in [1.165, 1.54) is 6.07 Å². The Morgan fingerprint density at radius 2 is 1.71 bits per heavy atom. The molecule has 23 heteroatoms. The Labute approximate surface area is 454 Å². The molecule has 7 N–H and O–H groups in total. The lowest BCUT2D eigenvalue weighted by atomic mass is 9.94. The number of fused-ring (bicyclic) bond motifs is 3. The predicted molar refractivity (Wildman–Crippen MR) is 293 cm³/mol. The minimum Gasteiger partial charge on any atom is -0.391 e. The van der Waals surface area contributed by atoms with Crippen LogP contribution < -0.4 is 31.9 Å². The number of piperidine rings is 2. The number of aliphatic hydroxyl groups is 1. The van der Waals surface area contributed by atoms with Crippen LogP contribution in [0.15, 0.2) is 91.3 Å². The first-order chi connectivity index (χ1) is 38.3. The van der Waals surface area contributed by atoms with Gasteiger partial charge in [-0.2, -0.15) is 19.6 Å². The molecular weight excluding hydrogens is 1020 g/mol. The van der Waals surface area contributed by atoms with Gasteiger partial charge in [0, 0.05) is 91.3 Å². The van der Waals surface area contributed by atoms with Gasteiger partial charge in [-0.05, 0) is 66.6 Å².